The molecule has 2 aromatic carbocycles. The van der Waals surface area contributed by atoms with Crippen LogP contribution in [0.2, 0.25) is 5.02 Å². The van der Waals surface area contributed by atoms with Gasteiger partial charge in [0.1, 0.15) is 17.6 Å². The van der Waals surface area contributed by atoms with Crippen LogP contribution in [-0.4, -0.2) is 81.6 Å². The molecule has 2 heterocycles. The van der Waals surface area contributed by atoms with Crippen LogP contribution in [0.4, 0.5) is 0 Å². The van der Waals surface area contributed by atoms with E-state index in [1.807, 2.05) is 6.07 Å². The molecule has 1 aliphatic carbocycles. The van der Waals surface area contributed by atoms with Crippen LogP contribution >= 0.6 is 11.6 Å². The Labute approximate surface area is 235 Å². The third-order valence-corrected chi connectivity index (χ3v) is 10.2. The van der Waals surface area contributed by atoms with Crippen LogP contribution in [0.3, 0.4) is 0 Å². The zero-order valence-corrected chi connectivity index (χ0v) is 23.8. The van der Waals surface area contributed by atoms with Crippen molar-refractivity contribution in [1.29, 1.82) is 5.26 Å². The monoisotopic (exact) mass is 570 g/mol. The number of likely N-dealkylation sites (tertiary alicyclic amines) is 1. The Morgan fingerprint density at radius 2 is 1.82 bits per heavy atom. The average molecular weight is 571 g/mol. The first-order chi connectivity index (χ1) is 18.8. The molecular weight excluding hydrogens is 536 g/mol. The Bertz CT molecular complexity index is 1340. The van der Waals surface area contributed by atoms with E-state index in [0.717, 1.165) is 56.9 Å². The van der Waals surface area contributed by atoms with E-state index in [0.29, 0.717) is 35.6 Å². The summed E-state index contributed by atoms with van der Waals surface area (Å²) in [5, 5.41) is 13.6. The Balaban J connectivity index is 1.32. The lowest BCUT2D eigenvalue weighted by molar-refractivity contribution is -0.121. The number of nitriles is 1. The molecule has 1 N–H and O–H groups in total. The molecule has 0 amide bonds. The van der Waals surface area contributed by atoms with Gasteiger partial charge in [0.05, 0.1) is 22.6 Å². The quantitative estimate of drug-likeness (QED) is 0.516. The molecule has 2 aromatic rings. The number of rotatable bonds is 8. The molecule has 3 aliphatic rings. The number of benzene rings is 2. The van der Waals surface area contributed by atoms with Crippen molar-refractivity contribution in [2.75, 3.05) is 51.6 Å². The molecule has 0 saturated carbocycles. The number of sulfone groups is 1. The zero-order chi connectivity index (χ0) is 27.6. The molecule has 2 fully saturated rings. The number of fused-ring (bicyclic) bond motifs is 1. The maximum Gasteiger partial charge on any atom is 0.185 e. The number of carbonyl (C=O) groups excluding carboxylic acids is 1. The second kappa shape index (κ2) is 11.9. The van der Waals surface area contributed by atoms with Crippen LogP contribution in [0.5, 0.6) is 5.75 Å². The fourth-order valence-electron chi connectivity index (χ4n) is 6.07. The van der Waals surface area contributed by atoms with Gasteiger partial charge in [0, 0.05) is 37.1 Å². The lowest BCUT2D eigenvalue weighted by Gasteiger charge is -2.36. The predicted octanol–water partition coefficient (Wildman–Crippen LogP) is 3.24. The van der Waals surface area contributed by atoms with Crippen molar-refractivity contribution in [2.45, 2.75) is 43.2 Å². The topological polar surface area (TPSA) is 103 Å². The van der Waals surface area contributed by atoms with Crippen LogP contribution in [0, 0.1) is 17.2 Å². The van der Waals surface area contributed by atoms with Gasteiger partial charge in [-0.2, -0.15) is 5.26 Å². The molecule has 2 atom stereocenters. The summed E-state index contributed by atoms with van der Waals surface area (Å²) in [6, 6.07) is 12.2. The number of Topliss-reactive ketones (excluding diaryl/α,β-unsaturated/α-hetero) is 1. The number of hydrogen-bond acceptors (Lipinski definition) is 8. The van der Waals surface area contributed by atoms with Gasteiger partial charge in [0.25, 0.3) is 0 Å². The third kappa shape index (κ3) is 6.16. The van der Waals surface area contributed by atoms with E-state index in [9.17, 15) is 18.5 Å². The second-order valence-electron chi connectivity index (χ2n) is 10.6. The highest BCUT2D eigenvalue weighted by molar-refractivity contribution is 7.92. The third-order valence-electron chi connectivity index (χ3n) is 8.33. The van der Waals surface area contributed by atoms with Crippen molar-refractivity contribution < 1.29 is 17.9 Å². The minimum atomic E-state index is -3.75. The molecule has 10 heteroatoms. The van der Waals surface area contributed by atoms with Gasteiger partial charge in [-0.3, -0.25) is 9.69 Å². The van der Waals surface area contributed by atoms with E-state index in [4.69, 9.17) is 16.3 Å². The standard InChI is InChI=1S/C29H35ClN4O4S/c1-2-33-11-7-20(8-12-33)28(35)19-39(36,37)24-5-3-23(4-6-24)38-29-26-16-22(30)15-21(18-31)25(26)17-27(29)34-13-9-32-10-14-34/h3-6,15-16,20,27,29,32H,2,7-14,17,19H2,1H3/t27-,29-/m0/s1. The smallest absolute Gasteiger partial charge is 0.185 e. The lowest BCUT2D eigenvalue weighted by Crippen LogP contribution is -2.50. The number of nitrogens with zero attached hydrogens (tertiary/aromatic N) is 3. The van der Waals surface area contributed by atoms with Crippen molar-refractivity contribution in [3.05, 3.63) is 58.1 Å². The van der Waals surface area contributed by atoms with E-state index in [1.54, 1.807) is 18.2 Å². The molecule has 0 bridgehead atoms. The summed E-state index contributed by atoms with van der Waals surface area (Å²) in [5.74, 6) is -0.332. The second-order valence-corrected chi connectivity index (χ2v) is 13.1. The van der Waals surface area contributed by atoms with Crippen molar-refractivity contribution in [3.63, 3.8) is 0 Å². The van der Waals surface area contributed by atoms with Gasteiger partial charge in [0.15, 0.2) is 15.6 Å². The van der Waals surface area contributed by atoms with Crippen molar-refractivity contribution in [1.82, 2.24) is 15.1 Å². The number of nitrogens with one attached hydrogen (secondary N) is 1. The molecule has 8 nitrogen and oxygen atoms in total. The van der Waals surface area contributed by atoms with Gasteiger partial charge in [-0.25, -0.2) is 8.42 Å². The maximum atomic E-state index is 13.1. The molecule has 0 aromatic heterocycles. The largest absolute Gasteiger partial charge is 0.484 e. The van der Waals surface area contributed by atoms with Gasteiger partial charge < -0.3 is 15.0 Å². The van der Waals surface area contributed by atoms with Crippen LogP contribution in [0.15, 0.2) is 41.3 Å². The number of hydrogen-bond donors (Lipinski definition) is 1. The number of ketones is 1. The highest BCUT2D eigenvalue weighted by Gasteiger charge is 2.40. The van der Waals surface area contributed by atoms with E-state index in [1.165, 1.54) is 12.1 Å². The zero-order valence-electron chi connectivity index (χ0n) is 22.2. The SMILES string of the molecule is CCN1CCC(C(=O)CS(=O)(=O)c2ccc(O[C@H]3c4cc(Cl)cc(C#N)c4C[C@@H]3N3CCNCC3)cc2)CC1. The first-order valence-electron chi connectivity index (χ1n) is 13.7. The van der Waals surface area contributed by atoms with Crippen LogP contribution < -0.4 is 10.1 Å². The van der Waals surface area contributed by atoms with Gasteiger partial charge in [-0.05, 0) is 86.4 Å². The van der Waals surface area contributed by atoms with Crippen LogP contribution in [0.25, 0.3) is 0 Å². The first-order valence-corrected chi connectivity index (χ1v) is 15.7. The van der Waals surface area contributed by atoms with Crippen molar-refractivity contribution in [2.24, 2.45) is 5.92 Å². The predicted molar refractivity (Wildman–Crippen MR) is 150 cm³/mol. The molecule has 2 saturated heterocycles. The van der Waals surface area contributed by atoms with E-state index < -0.39 is 15.6 Å². The molecule has 208 valence electrons. The molecule has 0 spiro atoms. The summed E-state index contributed by atoms with van der Waals surface area (Å²) in [6.07, 6.45) is 1.76. The number of halogens is 1. The summed E-state index contributed by atoms with van der Waals surface area (Å²) in [7, 11) is -3.75. The average Bonchev–Trinajstić information content (AvgIpc) is 3.31. The number of piperidine rings is 1. The lowest BCUT2D eigenvalue weighted by atomic mass is 9.93. The minimum Gasteiger partial charge on any atom is -0.484 e. The Hall–Kier alpha value is -2.48. The highest BCUT2D eigenvalue weighted by atomic mass is 35.5. The number of ether oxygens (including phenoxy) is 1. The Kier molecular flexibility index (Phi) is 8.60. The molecule has 39 heavy (non-hydrogen) atoms. The summed E-state index contributed by atoms with van der Waals surface area (Å²) in [4.78, 5) is 17.6. The molecule has 0 radical (unpaired) electrons. The fraction of sp³-hybridized carbons (Fsp3) is 0.517. The molecular formula is C29H35ClN4O4S. The summed E-state index contributed by atoms with van der Waals surface area (Å²) >= 11 is 6.37. The van der Waals surface area contributed by atoms with Crippen LogP contribution in [0.1, 0.15) is 42.6 Å². The molecule has 5 rings (SSSR count). The summed E-state index contributed by atoms with van der Waals surface area (Å²) in [6.45, 7) is 8.22. The van der Waals surface area contributed by atoms with Crippen molar-refractivity contribution in [3.8, 4) is 11.8 Å². The minimum absolute atomic E-state index is 0.0350. The number of carbonyl (C=O) groups is 1. The van der Waals surface area contributed by atoms with E-state index in [2.05, 4.69) is 28.1 Å². The fourth-order valence-corrected chi connectivity index (χ4v) is 7.63. The first kappa shape index (κ1) is 28.1. The normalized spacial score (nSPS) is 22.8. The molecule has 0 unspecified atom stereocenters. The van der Waals surface area contributed by atoms with E-state index >= 15 is 0 Å². The van der Waals surface area contributed by atoms with Gasteiger partial charge in [-0.15, -0.1) is 0 Å². The van der Waals surface area contributed by atoms with Gasteiger partial charge in [-0.1, -0.05) is 18.5 Å². The molecule has 2 aliphatic heterocycles. The Morgan fingerprint density at radius 1 is 1.13 bits per heavy atom. The van der Waals surface area contributed by atoms with Gasteiger partial charge in [0.2, 0.25) is 0 Å². The maximum absolute atomic E-state index is 13.1. The van der Waals surface area contributed by atoms with Crippen molar-refractivity contribution >= 4 is 27.2 Å². The summed E-state index contributed by atoms with van der Waals surface area (Å²) < 4.78 is 32.6. The summed E-state index contributed by atoms with van der Waals surface area (Å²) in [5.41, 5.74) is 2.42. The van der Waals surface area contributed by atoms with E-state index in [-0.39, 0.29) is 28.7 Å². The Morgan fingerprint density at radius 3 is 2.46 bits per heavy atom. The van der Waals surface area contributed by atoms with Crippen LogP contribution in [-0.2, 0) is 21.1 Å². The highest BCUT2D eigenvalue weighted by Crippen LogP contribution is 2.41. The van der Waals surface area contributed by atoms with Gasteiger partial charge >= 0.3 is 0 Å². The number of piperazine rings is 1.